The Kier molecular flexibility index (Phi) is 4.15. The van der Waals surface area contributed by atoms with Crippen LogP contribution in [0.2, 0.25) is 0 Å². The first-order valence-corrected chi connectivity index (χ1v) is 9.06. The molecule has 0 saturated carbocycles. The van der Waals surface area contributed by atoms with Crippen molar-refractivity contribution in [2.24, 2.45) is 0 Å². The van der Waals surface area contributed by atoms with Crippen LogP contribution in [0.15, 0.2) is 36.7 Å². The first-order chi connectivity index (χ1) is 12.2. The molecule has 130 valence electrons. The summed E-state index contributed by atoms with van der Waals surface area (Å²) in [4.78, 5) is 6.73. The van der Waals surface area contributed by atoms with Crippen LogP contribution in [0.5, 0.6) is 0 Å². The van der Waals surface area contributed by atoms with Gasteiger partial charge in [0.15, 0.2) is 5.65 Å². The van der Waals surface area contributed by atoms with Gasteiger partial charge in [-0.1, -0.05) is 20.3 Å². The third-order valence-electron chi connectivity index (χ3n) is 5.07. The standard InChI is InChI=1S/C20H23FN4/c1-3-5-14(2)15-10-16-13-25(23-20(16)22-12-15)19-11-17(6-7-18(19)21)24-8-4-9-24/h6-7,10-14H,3-5,8-9H2,1-2H3. The van der Waals surface area contributed by atoms with Gasteiger partial charge in [0.2, 0.25) is 0 Å². The molecule has 1 atom stereocenters. The molecular formula is C20H23FN4. The fourth-order valence-corrected chi connectivity index (χ4v) is 3.37. The number of halogens is 1. The predicted octanol–water partition coefficient (Wildman–Crippen LogP) is 4.67. The molecule has 0 N–H and O–H groups in total. The molecule has 0 amide bonds. The van der Waals surface area contributed by atoms with Crippen molar-refractivity contribution in [2.75, 3.05) is 18.0 Å². The fraction of sp³-hybridized carbons (Fsp3) is 0.400. The van der Waals surface area contributed by atoms with Gasteiger partial charge in [0.05, 0.1) is 0 Å². The van der Waals surface area contributed by atoms with E-state index in [4.69, 9.17) is 0 Å². The first-order valence-electron chi connectivity index (χ1n) is 9.06. The van der Waals surface area contributed by atoms with Gasteiger partial charge in [-0.05, 0) is 48.6 Å². The van der Waals surface area contributed by atoms with Crippen molar-refractivity contribution < 1.29 is 4.39 Å². The number of nitrogens with zero attached hydrogens (tertiary/aromatic N) is 4. The zero-order chi connectivity index (χ0) is 17.4. The smallest absolute Gasteiger partial charge is 0.181 e. The summed E-state index contributed by atoms with van der Waals surface area (Å²) in [5.41, 5.74) is 3.39. The molecule has 1 aliphatic heterocycles. The third-order valence-corrected chi connectivity index (χ3v) is 5.07. The Bertz CT molecular complexity index is 898. The van der Waals surface area contributed by atoms with Crippen LogP contribution in [-0.4, -0.2) is 27.9 Å². The van der Waals surface area contributed by atoms with Gasteiger partial charge in [-0.15, -0.1) is 5.10 Å². The molecule has 1 fully saturated rings. The summed E-state index contributed by atoms with van der Waals surface area (Å²) in [7, 11) is 0. The highest BCUT2D eigenvalue weighted by Gasteiger charge is 2.17. The minimum atomic E-state index is -0.267. The lowest BCUT2D eigenvalue weighted by molar-refractivity contribution is 0.601. The van der Waals surface area contributed by atoms with E-state index in [0.717, 1.165) is 37.0 Å². The van der Waals surface area contributed by atoms with Crippen LogP contribution < -0.4 is 4.90 Å². The maximum atomic E-state index is 14.4. The Hall–Kier alpha value is -2.43. The van der Waals surface area contributed by atoms with E-state index in [-0.39, 0.29) is 5.82 Å². The van der Waals surface area contributed by atoms with Crippen LogP contribution in [0, 0.1) is 5.82 Å². The van der Waals surface area contributed by atoms with Gasteiger partial charge in [0, 0.05) is 36.6 Å². The van der Waals surface area contributed by atoms with E-state index in [9.17, 15) is 4.39 Å². The van der Waals surface area contributed by atoms with E-state index in [2.05, 4.69) is 34.9 Å². The molecule has 1 unspecified atom stereocenters. The normalized spacial score (nSPS) is 15.4. The second kappa shape index (κ2) is 6.47. The van der Waals surface area contributed by atoms with Crippen LogP contribution >= 0.6 is 0 Å². The average Bonchev–Trinajstić information content (AvgIpc) is 2.98. The van der Waals surface area contributed by atoms with Crippen molar-refractivity contribution in [3.63, 3.8) is 0 Å². The Morgan fingerprint density at radius 3 is 2.80 bits per heavy atom. The summed E-state index contributed by atoms with van der Waals surface area (Å²) in [6.45, 7) is 6.47. The highest BCUT2D eigenvalue weighted by atomic mass is 19.1. The number of fused-ring (bicyclic) bond motifs is 1. The summed E-state index contributed by atoms with van der Waals surface area (Å²) < 4.78 is 16.0. The van der Waals surface area contributed by atoms with Crippen LogP contribution in [-0.2, 0) is 0 Å². The Morgan fingerprint density at radius 1 is 1.24 bits per heavy atom. The second-order valence-electron chi connectivity index (χ2n) is 6.92. The summed E-state index contributed by atoms with van der Waals surface area (Å²) in [5, 5.41) is 5.43. The van der Waals surface area contributed by atoms with Gasteiger partial charge < -0.3 is 4.90 Å². The lowest BCUT2D eigenvalue weighted by Crippen LogP contribution is -2.37. The van der Waals surface area contributed by atoms with Crippen molar-refractivity contribution in [1.29, 1.82) is 0 Å². The Morgan fingerprint density at radius 2 is 2.08 bits per heavy atom. The summed E-state index contributed by atoms with van der Waals surface area (Å²) >= 11 is 0. The number of hydrogen-bond donors (Lipinski definition) is 0. The van der Waals surface area contributed by atoms with E-state index in [0.29, 0.717) is 17.3 Å². The topological polar surface area (TPSA) is 34.0 Å². The van der Waals surface area contributed by atoms with Gasteiger partial charge in [0.1, 0.15) is 11.5 Å². The van der Waals surface area contributed by atoms with E-state index >= 15 is 0 Å². The van der Waals surface area contributed by atoms with Crippen molar-refractivity contribution >= 4 is 16.7 Å². The zero-order valence-corrected chi connectivity index (χ0v) is 14.7. The van der Waals surface area contributed by atoms with Crippen LogP contribution in [0.1, 0.15) is 44.6 Å². The monoisotopic (exact) mass is 338 g/mol. The number of anilines is 1. The molecular weight excluding hydrogens is 315 g/mol. The Balaban J connectivity index is 1.71. The van der Waals surface area contributed by atoms with E-state index in [1.165, 1.54) is 18.1 Å². The Labute approximate surface area is 147 Å². The molecule has 2 aromatic heterocycles. The lowest BCUT2D eigenvalue weighted by Gasteiger charge is -2.33. The number of hydrogen-bond acceptors (Lipinski definition) is 3. The maximum Gasteiger partial charge on any atom is 0.181 e. The van der Waals surface area contributed by atoms with Gasteiger partial charge in [-0.3, -0.25) is 0 Å². The molecule has 3 aromatic rings. The molecule has 1 aromatic carbocycles. The van der Waals surface area contributed by atoms with Crippen LogP contribution in [0.3, 0.4) is 0 Å². The van der Waals surface area contributed by atoms with Crippen molar-refractivity contribution in [3.8, 4) is 5.69 Å². The molecule has 0 radical (unpaired) electrons. The van der Waals surface area contributed by atoms with Gasteiger partial charge in [0.25, 0.3) is 0 Å². The highest BCUT2D eigenvalue weighted by Crippen LogP contribution is 2.27. The predicted molar refractivity (Wildman–Crippen MR) is 99.0 cm³/mol. The lowest BCUT2D eigenvalue weighted by atomic mass is 9.98. The second-order valence-corrected chi connectivity index (χ2v) is 6.92. The van der Waals surface area contributed by atoms with Crippen molar-refractivity contribution in [2.45, 2.75) is 39.0 Å². The summed E-state index contributed by atoms with van der Waals surface area (Å²) in [6.07, 6.45) is 7.25. The molecule has 4 nitrogen and oxygen atoms in total. The first kappa shape index (κ1) is 16.1. The molecule has 3 heterocycles. The van der Waals surface area contributed by atoms with E-state index < -0.39 is 0 Å². The molecule has 5 heteroatoms. The number of rotatable bonds is 5. The summed E-state index contributed by atoms with van der Waals surface area (Å²) in [5.74, 6) is 0.202. The number of aromatic nitrogens is 3. The molecule has 25 heavy (non-hydrogen) atoms. The quantitative estimate of drug-likeness (QED) is 0.678. The van der Waals surface area contributed by atoms with Gasteiger partial charge >= 0.3 is 0 Å². The number of benzene rings is 1. The minimum absolute atomic E-state index is 0.267. The number of pyridine rings is 1. The van der Waals surface area contributed by atoms with Crippen molar-refractivity contribution in [1.82, 2.24) is 14.8 Å². The molecule has 0 bridgehead atoms. The molecule has 0 aliphatic carbocycles. The fourth-order valence-electron chi connectivity index (χ4n) is 3.37. The largest absolute Gasteiger partial charge is 0.371 e. The minimum Gasteiger partial charge on any atom is -0.371 e. The third kappa shape index (κ3) is 2.99. The van der Waals surface area contributed by atoms with Gasteiger partial charge in [-0.2, -0.15) is 0 Å². The van der Waals surface area contributed by atoms with Gasteiger partial charge in [-0.25, -0.2) is 14.1 Å². The summed E-state index contributed by atoms with van der Waals surface area (Å²) in [6, 6.07) is 7.37. The van der Waals surface area contributed by atoms with E-state index in [1.54, 1.807) is 4.68 Å². The molecule has 1 saturated heterocycles. The highest BCUT2D eigenvalue weighted by molar-refractivity contribution is 5.75. The zero-order valence-electron chi connectivity index (χ0n) is 14.7. The maximum absolute atomic E-state index is 14.4. The molecule has 4 rings (SSSR count). The van der Waals surface area contributed by atoms with E-state index in [1.807, 2.05) is 24.5 Å². The SMILES string of the molecule is CCCC(C)c1cnc2nn(-c3cc(N4CCC4)ccc3F)cc2c1. The molecule has 1 aliphatic rings. The molecule has 0 spiro atoms. The van der Waals surface area contributed by atoms with Crippen LogP contribution in [0.25, 0.3) is 16.7 Å². The van der Waals surface area contributed by atoms with Crippen LogP contribution in [0.4, 0.5) is 10.1 Å². The average molecular weight is 338 g/mol. The van der Waals surface area contributed by atoms with Crippen molar-refractivity contribution in [3.05, 3.63) is 48.0 Å².